The number of likely N-dealkylation sites (tertiary alicyclic amines) is 1. The molecule has 3 aliphatic heterocycles. The van der Waals surface area contributed by atoms with Crippen LogP contribution in [0.4, 0.5) is 5.69 Å². The van der Waals surface area contributed by atoms with E-state index in [1.54, 1.807) is 0 Å². The fourth-order valence-electron chi connectivity index (χ4n) is 4.20. The van der Waals surface area contributed by atoms with Crippen LogP contribution < -0.4 is 4.90 Å². The summed E-state index contributed by atoms with van der Waals surface area (Å²) in [5.41, 5.74) is 4.20. The largest absolute Gasteiger partial charge is 0.377 e. The third-order valence-electron chi connectivity index (χ3n) is 5.45. The van der Waals surface area contributed by atoms with Crippen molar-refractivity contribution in [1.29, 1.82) is 0 Å². The van der Waals surface area contributed by atoms with Gasteiger partial charge < -0.3 is 14.5 Å². The molecule has 0 saturated carbocycles. The van der Waals surface area contributed by atoms with Crippen molar-refractivity contribution in [3.05, 3.63) is 41.5 Å². The molecule has 4 nitrogen and oxygen atoms in total. The van der Waals surface area contributed by atoms with Gasteiger partial charge in [0.05, 0.1) is 13.2 Å². The van der Waals surface area contributed by atoms with Crippen LogP contribution in [0.25, 0.3) is 0 Å². The summed E-state index contributed by atoms with van der Waals surface area (Å²) in [7, 11) is 0. The van der Waals surface area contributed by atoms with Crippen LogP contribution in [0, 0.1) is 0 Å². The van der Waals surface area contributed by atoms with E-state index in [2.05, 4.69) is 35.2 Å². The Morgan fingerprint density at radius 2 is 2.12 bits per heavy atom. The number of para-hydroxylation sites is 1. The maximum absolute atomic E-state index is 11.8. The van der Waals surface area contributed by atoms with Crippen LogP contribution in [-0.4, -0.2) is 50.2 Å². The molecule has 1 unspecified atom stereocenters. The maximum atomic E-state index is 11.8. The fourth-order valence-corrected chi connectivity index (χ4v) is 4.20. The molecule has 0 aromatic heterocycles. The van der Waals surface area contributed by atoms with Gasteiger partial charge in [-0.05, 0) is 36.5 Å². The van der Waals surface area contributed by atoms with Crippen molar-refractivity contribution in [1.82, 2.24) is 4.90 Å². The molecule has 0 radical (unpaired) electrons. The van der Waals surface area contributed by atoms with Crippen molar-refractivity contribution in [3.8, 4) is 0 Å². The van der Waals surface area contributed by atoms with Crippen molar-refractivity contribution in [2.24, 2.45) is 0 Å². The van der Waals surface area contributed by atoms with Crippen molar-refractivity contribution in [2.75, 3.05) is 44.3 Å². The highest BCUT2D eigenvalue weighted by molar-refractivity contribution is 5.78. The predicted molar refractivity (Wildman–Crippen MR) is 95.3 cm³/mol. The van der Waals surface area contributed by atoms with Gasteiger partial charge in [-0.25, -0.2) is 0 Å². The minimum absolute atomic E-state index is 0.336. The van der Waals surface area contributed by atoms with Crippen molar-refractivity contribution >= 4 is 11.6 Å². The quantitative estimate of drug-likeness (QED) is 0.780. The van der Waals surface area contributed by atoms with Crippen LogP contribution in [0.15, 0.2) is 35.9 Å². The Hall–Kier alpha value is -1.81. The topological polar surface area (TPSA) is 32.8 Å². The van der Waals surface area contributed by atoms with Crippen LogP contribution in [-0.2, 0) is 9.53 Å². The molecule has 1 saturated heterocycles. The van der Waals surface area contributed by atoms with Gasteiger partial charge in [0.25, 0.3) is 0 Å². The van der Waals surface area contributed by atoms with Gasteiger partial charge in [0.15, 0.2) is 0 Å². The molecule has 0 aliphatic carbocycles. The van der Waals surface area contributed by atoms with E-state index in [4.69, 9.17) is 4.74 Å². The molecule has 0 bridgehead atoms. The number of anilines is 1. The summed E-state index contributed by atoms with van der Waals surface area (Å²) in [5, 5.41) is 0. The van der Waals surface area contributed by atoms with Crippen molar-refractivity contribution in [3.63, 3.8) is 0 Å². The van der Waals surface area contributed by atoms with Gasteiger partial charge in [0, 0.05) is 44.2 Å². The molecule has 128 valence electrons. The number of fused-ring (bicyclic) bond motifs is 1. The number of rotatable bonds is 5. The lowest BCUT2D eigenvalue weighted by atomic mass is 9.98. The number of carbonyl (C=O) groups excluding carboxylic acids is 1. The van der Waals surface area contributed by atoms with Gasteiger partial charge in [-0.3, -0.25) is 4.79 Å². The SMILES string of the molecule is O=C1CCCN1CCC1CN(CC2=CCCOC2)c2ccccc21. The second kappa shape index (κ2) is 6.98. The van der Waals surface area contributed by atoms with Crippen molar-refractivity contribution < 1.29 is 9.53 Å². The van der Waals surface area contributed by atoms with E-state index in [0.717, 1.165) is 65.1 Å². The molecular formula is C20H26N2O2. The monoisotopic (exact) mass is 326 g/mol. The van der Waals surface area contributed by atoms with E-state index in [9.17, 15) is 4.79 Å². The molecule has 1 fully saturated rings. The van der Waals surface area contributed by atoms with Crippen LogP contribution in [0.3, 0.4) is 0 Å². The van der Waals surface area contributed by atoms with Gasteiger partial charge >= 0.3 is 0 Å². The average Bonchev–Trinajstić information content (AvgIpc) is 3.18. The van der Waals surface area contributed by atoms with E-state index in [1.165, 1.54) is 16.8 Å². The van der Waals surface area contributed by atoms with E-state index in [1.807, 2.05) is 4.90 Å². The van der Waals surface area contributed by atoms with Gasteiger partial charge in [0.2, 0.25) is 5.91 Å². The average molecular weight is 326 g/mol. The summed E-state index contributed by atoms with van der Waals surface area (Å²) in [5.74, 6) is 0.863. The second-order valence-corrected chi connectivity index (χ2v) is 7.11. The zero-order valence-corrected chi connectivity index (χ0v) is 14.2. The molecule has 0 N–H and O–H groups in total. The molecule has 1 atom stereocenters. The number of nitrogens with zero attached hydrogens (tertiary/aromatic N) is 2. The van der Waals surface area contributed by atoms with Gasteiger partial charge in [-0.1, -0.05) is 24.3 Å². The fraction of sp³-hybridized carbons (Fsp3) is 0.550. The van der Waals surface area contributed by atoms with Crippen LogP contribution in [0.1, 0.15) is 37.2 Å². The molecule has 4 heteroatoms. The number of benzene rings is 1. The summed E-state index contributed by atoms with van der Waals surface area (Å²) in [4.78, 5) is 16.4. The van der Waals surface area contributed by atoms with Gasteiger partial charge in [0.1, 0.15) is 0 Å². The third-order valence-corrected chi connectivity index (χ3v) is 5.45. The Morgan fingerprint density at radius 3 is 2.92 bits per heavy atom. The Labute approximate surface area is 144 Å². The zero-order chi connectivity index (χ0) is 16.4. The van der Waals surface area contributed by atoms with E-state index in [-0.39, 0.29) is 0 Å². The number of ether oxygens (including phenoxy) is 1. The Balaban J connectivity index is 1.44. The van der Waals surface area contributed by atoms with Gasteiger partial charge in [-0.15, -0.1) is 0 Å². The molecule has 0 spiro atoms. The molecule has 3 aliphatic rings. The first kappa shape index (κ1) is 15.7. The predicted octanol–water partition coefficient (Wildman–Crippen LogP) is 2.95. The first-order chi connectivity index (χ1) is 11.8. The Bertz CT molecular complexity index is 640. The number of carbonyl (C=O) groups is 1. The van der Waals surface area contributed by atoms with E-state index in [0.29, 0.717) is 11.8 Å². The first-order valence-electron chi connectivity index (χ1n) is 9.18. The lowest BCUT2D eigenvalue weighted by molar-refractivity contribution is -0.127. The van der Waals surface area contributed by atoms with Gasteiger partial charge in [-0.2, -0.15) is 0 Å². The standard InChI is InChI=1S/C20H26N2O2/c23-20-8-3-10-21(20)11-9-17-14-22(13-16-5-4-12-24-15-16)19-7-2-1-6-18(17)19/h1-2,5-7,17H,3-4,8-15H2. The lowest BCUT2D eigenvalue weighted by Gasteiger charge is -2.24. The minimum Gasteiger partial charge on any atom is -0.377 e. The zero-order valence-electron chi connectivity index (χ0n) is 14.2. The maximum Gasteiger partial charge on any atom is 0.222 e. The highest BCUT2D eigenvalue weighted by Crippen LogP contribution is 2.38. The molecular weight excluding hydrogens is 300 g/mol. The third kappa shape index (κ3) is 3.20. The molecule has 1 amide bonds. The normalized spacial score (nSPS) is 23.6. The van der Waals surface area contributed by atoms with Crippen molar-refractivity contribution in [2.45, 2.75) is 31.6 Å². The second-order valence-electron chi connectivity index (χ2n) is 7.11. The summed E-state index contributed by atoms with van der Waals surface area (Å²) >= 11 is 0. The summed E-state index contributed by atoms with van der Waals surface area (Å²) < 4.78 is 5.59. The number of amides is 1. The molecule has 3 heterocycles. The highest BCUT2D eigenvalue weighted by atomic mass is 16.5. The van der Waals surface area contributed by atoms with Crippen LogP contribution >= 0.6 is 0 Å². The Morgan fingerprint density at radius 1 is 1.21 bits per heavy atom. The highest BCUT2D eigenvalue weighted by Gasteiger charge is 2.30. The minimum atomic E-state index is 0.336. The molecule has 4 rings (SSSR count). The van der Waals surface area contributed by atoms with E-state index >= 15 is 0 Å². The number of hydrogen-bond acceptors (Lipinski definition) is 3. The molecule has 1 aromatic rings. The summed E-state index contributed by atoms with van der Waals surface area (Å²) in [6.45, 7) is 5.49. The Kier molecular flexibility index (Phi) is 4.56. The summed E-state index contributed by atoms with van der Waals surface area (Å²) in [6.07, 6.45) is 6.20. The first-order valence-corrected chi connectivity index (χ1v) is 9.18. The molecule has 1 aromatic carbocycles. The van der Waals surface area contributed by atoms with Crippen LogP contribution in [0.2, 0.25) is 0 Å². The lowest BCUT2D eigenvalue weighted by Crippen LogP contribution is -2.29. The number of hydrogen-bond donors (Lipinski definition) is 0. The molecule has 24 heavy (non-hydrogen) atoms. The van der Waals surface area contributed by atoms with E-state index < -0.39 is 0 Å². The summed E-state index contributed by atoms with van der Waals surface area (Å²) in [6, 6.07) is 8.77. The van der Waals surface area contributed by atoms with Crippen LogP contribution in [0.5, 0.6) is 0 Å². The smallest absolute Gasteiger partial charge is 0.222 e.